The molecule has 0 aromatic heterocycles. The van der Waals surface area contributed by atoms with E-state index in [1.165, 1.54) is 5.56 Å². The van der Waals surface area contributed by atoms with Crippen molar-refractivity contribution in [2.45, 2.75) is 44.6 Å². The molecule has 2 aromatic carbocycles. The van der Waals surface area contributed by atoms with E-state index in [0.717, 1.165) is 57.5 Å². The molecule has 2 amide bonds. The molecule has 0 saturated carbocycles. The fourth-order valence-electron chi connectivity index (χ4n) is 4.37. The third kappa shape index (κ3) is 5.02. The van der Waals surface area contributed by atoms with Crippen LogP contribution in [0.5, 0.6) is 5.75 Å². The van der Waals surface area contributed by atoms with Crippen LogP contribution in [0.25, 0.3) is 0 Å². The van der Waals surface area contributed by atoms with Crippen LogP contribution in [-0.4, -0.2) is 53.9 Å². The molecule has 5 nitrogen and oxygen atoms in total. The zero-order chi connectivity index (χ0) is 20.8. The van der Waals surface area contributed by atoms with Gasteiger partial charge in [-0.25, -0.2) is 0 Å². The lowest BCUT2D eigenvalue weighted by atomic mass is 10.1. The van der Waals surface area contributed by atoms with E-state index in [9.17, 15) is 9.59 Å². The first-order chi connectivity index (χ1) is 14.7. The Balaban J connectivity index is 1.27. The van der Waals surface area contributed by atoms with Crippen molar-refractivity contribution < 1.29 is 14.3 Å². The number of amides is 2. The van der Waals surface area contributed by atoms with Crippen molar-refractivity contribution in [3.05, 3.63) is 65.7 Å². The highest BCUT2D eigenvalue weighted by atomic mass is 16.5. The number of likely N-dealkylation sites (tertiary alicyclic amines) is 2. The Morgan fingerprint density at radius 2 is 1.63 bits per heavy atom. The van der Waals surface area contributed by atoms with Gasteiger partial charge < -0.3 is 14.5 Å². The topological polar surface area (TPSA) is 49.9 Å². The van der Waals surface area contributed by atoms with Crippen LogP contribution in [-0.2, 0) is 11.2 Å². The van der Waals surface area contributed by atoms with Gasteiger partial charge in [0.25, 0.3) is 5.91 Å². The Bertz CT molecular complexity index is 844. The van der Waals surface area contributed by atoms with Gasteiger partial charge in [-0.05, 0) is 61.9 Å². The van der Waals surface area contributed by atoms with Gasteiger partial charge in [0.2, 0.25) is 5.91 Å². The zero-order valence-electron chi connectivity index (χ0n) is 17.5. The number of nitrogens with zero attached hydrogens (tertiary/aromatic N) is 2. The molecule has 1 atom stereocenters. The number of rotatable bonds is 7. The summed E-state index contributed by atoms with van der Waals surface area (Å²) in [6, 6.07) is 17.7. The van der Waals surface area contributed by atoms with Crippen LogP contribution in [0.3, 0.4) is 0 Å². The molecule has 0 unspecified atom stereocenters. The fraction of sp³-hybridized carbons (Fsp3) is 0.440. The van der Waals surface area contributed by atoms with E-state index in [2.05, 4.69) is 12.1 Å². The first kappa shape index (κ1) is 20.5. The van der Waals surface area contributed by atoms with E-state index in [1.54, 1.807) is 0 Å². The fourth-order valence-corrected chi connectivity index (χ4v) is 4.37. The third-order valence-corrected chi connectivity index (χ3v) is 6.10. The second-order valence-corrected chi connectivity index (χ2v) is 8.20. The molecule has 0 N–H and O–H groups in total. The molecule has 2 fully saturated rings. The van der Waals surface area contributed by atoms with Crippen LogP contribution in [0.4, 0.5) is 0 Å². The van der Waals surface area contributed by atoms with Crippen molar-refractivity contribution in [1.82, 2.24) is 9.80 Å². The second-order valence-electron chi connectivity index (χ2n) is 8.20. The van der Waals surface area contributed by atoms with Gasteiger partial charge in [0.15, 0.2) is 0 Å². The maximum absolute atomic E-state index is 12.7. The molecule has 158 valence electrons. The third-order valence-electron chi connectivity index (χ3n) is 6.10. The molecule has 2 heterocycles. The Morgan fingerprint density at radius 1 is 0.900 bits per heavy atom. The standard InChI is InChI=1S/C25H30N2O3/c28-24(15-10-20-7-2-1-3-8-20)27-18-6-9-22(27)19-30-23-13-11-21(12-14-23)25(29)26-16-4-5-17-26/h1-3,7-8,11-14,22H,4-6,9-10,15-19H2/t22-/m1/s1. The van der Waals surface area contributed by atoms with Gasteiger partial charge in [-0.2, -0.15) is 0 Å². The molecule has 0 radical (unpaired) electrons. The van der Waals surface area contributed by atoms with Crippen molar-refractivity contribution in [3.63, 3.8) is 0 Å². The summed E-state index contributed by atoms with van der Waals surface area (Å²) in [7, 11) is 0. The van der Waals surface area contributed by atoms with Crippen molar-refractivity contribution in [1.29, 1.82) is 0 Å². The van der Waals surface area contributed by atoms with Gasteiger partial charge in [0.05, 0.1) is 6.04 Å². The number of carbonyl (C=O) groups excluding carboxylic acids is 2. The summed E-state index contributed by atoms with van der Waals surface area (Å²) < 4.78 is 5.97. The van der Waals surface area contributed by atoms with Crippen molar-refractivity contribution in [2.75, 3.05) is 26.2 Å². The summed E-state index contributed by atoms with van der Waals surface area (Å²) >= 11 is 0. The van der Waals surface area contributed by atoms with E-state index >= 15 is 0 Å². The predicted molar refractivity (Wildman–Crippen MR) is 117 cm³/mol. The van der Waals surface area contributed by atoms with Crippen LogP contribution in [0, 0.1) is 0 Å². The largest absolute Gasteiger partial charge is 0.491 e. The average Bonchev–Trinajstić information content (AvgIpc) is 3.49. The normalized spacial score (nSPS) is 18.6. The molecule has 4 rings (SSSR count). The molecule has 0 spiro atoms. The van der Waals surface area contributed by atoms with E-state index in [0.29, 0.717) is 18.6 Å². The zero-order valence-corrected chi connectivity index (χ0v) is 17.5. The molecular weight excluding hydrogens is 376 g/mol. The monoisotopic (exact) mass is 406 g/mol. The SMILES string of the molecule is O=C(c1ccc(OC[C@H]2CCCN2C(=O)CCc2ccccc2)cc1)N1CCCC1. The van der Waals surface area contributed by atoms with E-state index in [-0.39, 0.29) is 17.9 Å². The molecule has 5 heteroatoms. The first-order valence-electron chi connectivity index (χ1n) is 11.1. The Kier molecular flexibility index (Phi) is 6.67. The van der Waals surface area contributed by atoms with Gasteiger partial charge in [-0.3, -0.25) is 9.59 Å². The number of hydrogen-bond acceptors (Lipinski definition) is 3. The number of aryl methyl sites for hydroxylation is 1. The quantitative estimate of drug-likeness (QED) is 0.700. The summed E-state index contributed by atoms with van der Waals surface area (Å²) in [4.78, 5) is 29.1. The Morgan fingerprint density at radius 3 is 2.37 bits per heavy atom. The molecule has 30 heavy (non-hydrogen) atoms. The minimum atomic E-state index is 0.102. The molecule has 2 aliphatic rings. The first-order valence-corrected chi connectivity index (χ1v) is 11.1. The molecule has 2 aromatic rings. The Labute approximate surface area is 178 Å². The molecule has 0 bridgehead atoms. The molecular formula is C25H30N2O3. The number of ether oxygens (including phenoxy) is 1. The number of benzene rings is 2. The van der Waals surface area contributed by atoms with Crippen LogP contribution < -0.4 is 4.74 Å². The number of hydrogen-bond donors (Lipinski definition) is 0. The van der Waals surface area contributed by atoms with E-state index in [4.69, 9.17) is 4.74 Å². The van der Waals surface area contributed by atoms with Crippen LogP contribution in [0.2, 0.25) is 0 Å². The minimum Gasteiger partial charge on any atom is -0.491 e. The van der Waals surface area contributed by atoms with Crippen LogP contribution in [0.15, 0.2) is 54.6 Å². The predicted octanol–water partition coefficient (Wildman–Crippen LogP) is 3.93. The lowest BCUT2D eigenvalue weighted by molar-refractivity contribution is -0.132. The average molecular weight is 407 g/mol. The molecule has 2 saturated heterocycles. The number of carbonyl (C=O) groups is 2. The van der Waals surface area contributed by atoms with Crippen molar-refractivity contribution in [3.8, 4) is 5.75 Å². The van der Waals surface area contributed by atoms with Crippen molar-refractivity contribution in [2.24, 2.45) is 0 Å². The van der Waals surface area contributed by atoms with Gasteiger partial charge in [-0.15, -0.1) is 0 Å². The van der Waals surface area contributed by atoms with Gasteiger partial charge in [0, 0.05) is 31.6 Å². The highest BCUT2D eigenvalue weighted by Gasteiger charge is 2.29. The minimum absolute atomic E-state index is 0.102. The summed E-state index contributed by atoms with van der Waals surface area (Å²) in [6.07, 6.45) is 5.49. The van der Waals surface area contributed by atoms with E-state index < -0.39 is 0 Å². The van der Waals surface area contributed by atoms with Gasteiger partial charge in [0.1, 0.15) is 12.4 Å². The smallest absolute Gasteiger partial charge is 0.253 e. The maximum atomic E-state index is 12.7. The van der Waals surface area contributed by atoms with Gasteiger partial charge in [-0.1, -0.05) is 30.3 Å². The van der Waals surface area contributed by atoms with Crippen molar-refractivity contribution >= 4 is 11.8 Å². The Hall–Kier alpha value is -2.82. The summed E-state index contributed by atoms with van der Waals surface area (Å²) in [5.74, 6) is 1.05. The molecule has 2 aliphatic heterocycles. The lowest BCUT2D eigenvalue weighted by Crippen LogP contribution is -2.39. The van der Waals surface area contributed by atoms with Gasteiger partial charge >= 0.3 is 0 Å². The highest BCUT2D eigenvalue weighted by molar-refractivity contribution is 5.94. The highest BCUT2D eigenvalue weighted by Crippen LogP contribution is 2.22. The second kappa shape index (κ2) is 9.79. The van der Waals surface area contributed by atoms with E-state index in [1.807, 2.05) is 52.3 Å². The maximum Gasteiger partial charge on any atom is 0.253 e. The molecule has 0 aliphatic carbocycles. The van der Waals surface area contributed by atoms with Crippen LogP contribution in [0.1, 0.15) is 48.0 Å². The van der Waals surface area contributed by atoms with Crippen LogP contribution >= 0.6 is 0 Å². The summed E-state index contributed by atoms with van der Waals surface area (Å²) in [5, 5.41) is 0. The lowest BCUT2D eigenvalue weighted by Gasteiger charge is -2.25. The summed E-state index contributed by atoms with van der Waals surface area (Å²) in [6.45, 7) is 3.02. The summed E-state index contributed by atoms with van der Waals surface area (Å²) in [5.41, 5.74) is 1.91.